The molecule has 0 aliphatic heterocycles. The molecule has 4 heteroatoms. The van der Waals surface area contributed by atoms with Crippen LogP contribution in [0.15, 0.2) is 0 Å². The number of nitrogens with one attached hydrogen (secondary N) is 1. The molecule has 0 spiro atoms. The molecule has 1 rings (SSSR count). The van der Waals surface area contributed by atoms with Gasteiger partial charge in [-0.15, -0.1) is 0 Å². The number of hydrogen-bond acceptors (Lipinski definition) is 3. The minimum atomic E-state index is -0.445. The number of rotatable bonds is 6. The molecule has 0 amide bonds. The predicted molar refractivity (Wildman–Crippen MR) is 78.0 cm³/mol. The molecule has 1 unspecified atom stereocenters. The molecule has 4 nitrogen and oxygen atoms in total. The highest BCUT2D eigenvalue weighted by Crippen LogP contribution is 2.16. The van der Waals surface area contributed by atoms with E-state index in [2.05, 4.69) is 48.9 Å². The van der Waals surface area contributed by atoms with Crippen molar-refractivity contribution >= 4 is 0 Å². The van der Waals surface area contributed by atoms with Gasteiger partial charge in [-0.1, -0.05) is 0 Å². The van der Waals surface area contributed by atoms with Gasteiger partial charge in [-0.25, -0.2) is 0 Å². The Balaban J connectivity index is 2.58. The molecule has 1 aromatic heterocycles. The molecule has 1 heterocycles. The number of aromatic nitrogens is 2. The third-order valence-electron chi connectivity index (χ3n) is 3.64. The van der Waals surface area contributed by atoms with Gasteiger partial charge < -0.3 is 0 Å². The Bertz CT molecular complexity index is 467. The largest absolute Gasteiger partial charge is 0.297 e. The zero-order valence-corrected chi connectivity index (χ0v) is 13.0. The maximum Gasteiger partial charge on any atom is 0.104 e. The topological polar surface area (TPSA) is 53.6 Å². The Morgan fingerprint density at radius 3 is 2.42 bits per heavy atom. The highest BCUT2D eigenvalue weighted by molar-refractivity contribution is 5.22. The molecule has 19 heavy (non-hydrogen) atoms. The van der Waals surface area contributed by atoms with Crippen molar-refractivity contribution in [3.05, 3.63) is 17.0 Å². The van der Waals surface area contributed by atoms with Crippen molar-refractivity contribution < 1.29 is 0 Å². The van der Waals surface area contributed by atoms with Gasteiger partial charge in [-0.05, 0) is 59.9 Å². The van der Waals surface area contributed by atoms with E-state index in [9.17, 15) is 5.26 Å². The van der Waals surface area contributed by atoms with Gasteiger partial charge in [0, 0.05) is 18.3 Å². The van der Waals surface area contributed by atoms with Gasteiger partial charge in [0.1, 0.15) is 5.54 Å². The fourth-order valence-corrected chi connectivity index (χ4v) is 2.38. The predicted octanol–water partition coefficient (Wildman–Crippen LogP) is 2.87. The Kier molecular flexibility index (Phi) is 5.13. The second kappa shape index (κ2) is 6.21. The molecule has 1 N–H and O–H groups in total. The molecule has 0 aromatic carbocycles. The normalized spacial score (nSPS) is 14.4. The van der Waals surface area contributed by atoms with E-state index in [0.717, 1.165) is 25.1 Å². The molecule has 1 atom stereocenters. The van der Waals surface area contributed by atoms with Crippen molar-refractivity contribution in [3.63, 3.8) is 0 Å². The minimum absolute atomic E-state index is 0.320. The van der Waals surface area contributed by atoms with Gasteiger partial charge in [-0.2, -0.15) is 10.4 Å². The maximum atomic E-state index is 9.30. The average molecular weight is 262 g/mol. The van der Waals surface area contributed by atoms with E-state index in [1.165, 1.54) is 11.3 Å². The molecule has 0 radical (unpaired) electrons. The lowest BCUT2D eigenvalue weighted by Gasteiger charge is -2.25. The standard InChI is InChI=1S/C15H26N4/c1-11(2)17-15(6,10-16)8-7-9-19-14(5)12(3)13(4)18-19/h11,17H,7-9H2,1-6H3. The highest BCUT2D eigenvalue weighted by Gasteiger charge is 2.23. The van der Waals surface area contributed by atoms with Crippen LogP contribution in [-0.4, -0.2) is 21.4 Å². The van der Waals surface area contributed by atoms with Crippen LogP contribution in [0.25, 0.3) is 0 Å². The molecule has 0 bridgehead atoms. The lowest BCUT2D eigenvalue weighted by molar-refractivity contribution is 0.360. The van der Waals surface area contributed by atoms with Crippen LogP contribution in [0.2, 0.25) is 0 Å². The van der Waals surface area contributed by atoms with E-state index in [1.807, 2.05) is 13.8 Å². The summed E-state index contributed by atoms with van der Waals surface area (Å²) in [5.41, 5.74) is 3.15. The van der Waals surface area contributed by atoms with E-state index in [0.29, 0.717) is 6.04 Å². The van der Waals surface area contributed by atoms with Crippen molar-refractivity contribution in [1.29, 1.82) is 5.26 Å². The number of hydrogen-bond donors (Lipinski definition) is 1. The van der Waals surface area contributed by atoms with Crippen LogP contribution in [0, 0.1) is 32.1 Å². The molecule has 1 aromatic rings. The second-order valence-corrected chi connectivity index (χ2v) is 5.87. The monoisotopic (exact) mass is 262 g/mol. The van der Waals surface area contributed by atoms with Crippen LogP contribution in [0.1, 0.15) is 50.6 Å². The third-order valence-corrected chi connectivity index (χ3v) is 3.64. The van der Waals surface area contributed by atoms with Gasteiger partial charge >= 0.3 is 0 Å². The van der Waals surface area contributed by atoms with Crippen molar-refractivity contribution in [3.8, 4) is 6.07 Å². The molecule has 0 saturated heterocycles. The Labute approximate surface area is 116 Å². The van der Waals surface area contributed by atoms with Crippen molar-refractivity contribution in [2.75, 3.05) is 0 Å². The van der Waals surface area contributed by atoms with Crippen molar-refractivity contribution in [1.82, 2.24) is 15.1 Å². The van der Waals surface area contributed by atoms with Crippen LogP contribution >= 0.6 is 0 Å². The Morgan fingerprint density at radius 1 is 1.37 bits per heavy atom. The summed E-state index contributed by atoms with van der Waals surface area (Å²) in [4.78, 5) is 0. The fourth-order valence-electron chi connectivity index (χ4n) is 2.38. The first-order valence-electron chi connectivity index (χ1n) is 6.98. The molecule has 0 aliphatic carbocycles. The van der Waals surface area contributed by atoms with E-state index in [4.69, 9.17) is 0 Å². The van der Waals surface area contributed by atoms with Gasteiger partial charge in [0.2, 0.25) is 0 Å². The Morgan fingerprint density at radius 2 is 2.00 bits per heavy atom. The summed E-state index contributed by atoms with van der Waals surface area (Å²) < 4.78 is 2.05. The number of nitrogens with zero attached hydrogens (tertiary/aromatic N) is 3. The first kappa shape index (κ1) is 15.7. The summed E-state index contributed by atoms with van der Waals surface area (Å²) in [6.45, 7) is 13.2. The SMILES string of the molecule is Cc1nn(CCCC(C)(C#N)NC(C)C)c(C)c1C. The number of nitriles is 1. The van der Waals surface area contributed by atoms with E-state index >= 15 is 0 Å². The third kappa shape index (κ3) is 4.07. The van der Waals surface area contributed by atoms with Crippen LogP contribution in [0.4, 0.5) is 0 Å². The number of aryl methyl sites for hydroxylation is 2. The van der Waals surface area contributed by atoms with E-state index in [-0.39, 0.29) is 0 Å². The van der Waals surface area contributed by atoms with Gasteiger partial charge in [0.05, 0.1) is 11.8 Å². The molecule has 0 saturated carbocycles. The van der Waals surface area contributed by atoms with Crippen molar-refractivity contribution in [2.45, 2.75) is 72.5 Å². The maximum absolute atomic E-state index is 9.30. The molecular weight excluding hydrogens is 236 g/mol. The lowest BCUT2D eigenvalue weighted by Crippen LogP contribution is -2.45. The highest BCUT2D eigenvalue weighted by atomic mass is 15.3. The van der Waals surface area contributed by atoms with Crippen molar-refractivity contribution in [2.24, 2.45) is 0 Å². The van der Waals surface area contributed by atoms with Crippen LogP contribution in [-0.2, 0) is 6.54 Å². The quantitative estimate of drug-likeness (QED) is 0.857. The molecule has 0 aliphatic rings. The van der Waals surface area contributed by atoms with Gasteiger partial charge in [0.15, 0.2) is 0 Å². The lowest BCUT2D eigenvalue weighted by atomic mass is 9.96. The van der Waals surface area contributed by atoms with Gasteiger partial charge in [-0.3, -0.25) is 10.00 Å². The zero-order chi connectivity index (χ0) is 14.6. The smallest absolute Gasteiger partial charge is 0.104 e. The average Bonchev–Trinajstić information content (AvgIpc) is 2.56. The molecule has 0 fully saturated rings. The summed E-state index contributed by atoms with van der Waals surface area (Å²) in [5, 5.41) is 17.2. The summed E-state index contributed by atoms with van der Waals surface area (Å²) in [6, 6.07) is 2.71. The summed E-state index contributed by atoms with van der Waals surface area (Å²) >= 11 is 0. The van der Waals surface area contributed by atoms with Crippen LogP contribution in [0.5, 0.6) is 0 Å². The van der Waals surface area contributed by atoms with E-state index < -0.39 is 5.54 Å². The first-order chi connectivity index (χ1) is 8.79. The first-order valence-corrected chi connectivity index (χ1v) is 6.98. The fraction of sp³-hybridized carbons (Fsp3) is 0.733. The van der Waals surface area contributed by atoms with Crippen LogP contribution in [0.3, 0.4) is 0 Å². The Hall–Kier alpha value is -1.34. The minimum Gasteiger partial charge on any atom is -0.297 e. The second-order valence-electron chi connectivity index (χ2n) is 5.87. The summed E-state index contributed by atoms with van der Waals surface area (Å²) in [5.74, 6) is 0. The van der Waals surface area contributed by atoms with Crippen LogP contribution < -0.4 is 5.32 Å². The van der Waals surface area contributed by atoms with E-state index in [1.54, 1.807) is 0 Å². The zero-order valence-electron chi connectivity index (χ0n) is 13.0. The summed E-state index contributed by atoms with van der Waals surface area (Å²) in [7, 11) is 0. The summed E-state index contributed by atoms with van der Waals surface area (Å²) in [6.07, 6.45) is 1.78. The van der Waals surface area contributed by atoms with Gasteiger partial charge in [0.25, 0.3) is 0 Å². The molecular formula is C15H26N4. The molecule has 106 valence electrons.